The molecule has 30 heavy (non-hydrogen) atoms. The van der Waals surface area contributed by atoms with Crippen molar-refractivity contribution >= 4 is 17.5 Å². The molecule has 1 saturated heterocycles. The van der Waals surface area contributed by atoms with E-state index in [4.69, 9.17) is 8.83 Å². The summed E-state index contributed by atoms with van der Waals surface area (Å²) in [6.45, 7) is 3.39. The molecule has 5 rings (SSSR count). The van der Waals surface area contributed by atoms with Gasteiger partial charge >= 0.3 is 0 Å². The zero-order valence-corrected chi connectivity index (χ0v) is 16.7. The number of nitriles is 1. The van der Waals surface area contributed by atoms with E-state index in [0.717, 1.165) is 12.1 Å². The molecule has 3 aromatic rings. The number of anilines is 2. The van der Waals surface area contributed by atoms with E-state index in [-0.39, 0.29) is 23.6 Å². The Balaban J connectivity index is 1.30. The molecular formula is C23H22N4O3. The highest BCUT2D eigenvalue weighted by atomic mass is 16.4. The molecule has 1 fully saturated rings. The van der Waals surface area contributed by atoms with Crippen LogP contribution in [0.4, 0.5) is 11.6 Å². The first-order valence-corrected chi connectivity index (χ1v) is 10.3. The molecule has 0 radical (unpaired) electrons. The Morgan fingerprint density at radius 1 is 1.20 bits per heavy atom. The highest BCUT2D eigenvalue weighted by Crippen LogP contribution is 2.36. The molecule has 7 nitrogen and oxygen atoms in total. The Bertz CT molecular complexity index is 1100. The number of carbonyl (C=O) groups excluding carboxylic acids is 1. The van der Waals surface area contributed by atoms with Crippen molar-refractivity contribution in [2.45, 2.75) is 32.2 Å². The van der Waals surface area contributed by atoms with Crippen molar-refractivity contribution in [3.05, 3.63) is 53.9 Å². The zero-order valence-electron chi connectivity index (χ0n) is 16.7. The maximum Gasteiger partial charge on any atom is 0.266 e. The van der Waals surface area contributed by atoms with Gasteiger partial charge in [-0.1, -0.05) is 18.2 Å². The lowest BCUT2D eigenvalue weighted by molar-refractivity contribution is -0.123. The number of hydrogen-bond acceptors (Lipinski definition) is 6. The van der Waals surface area contributed by atoms with Gasteiger partial charge in [0.1, 0.15) is 6.07 Å². The molecular weight excluding hydrogens is 380 g/mol. The third-order valence-corrected chi connectivity index (χ3v) is 6.02. The van der Waals surface area contributed by atoms with Crippen molar-refractivity contribution in [1.82, 2.24) is 4.98 Å². The van der Waals surface area contributed by atoms with Gasteiger partial charge in [0, 0.05) is 30.7 Å². The molecule has 1 aromatic carbocycles. The number of hydrogen-bond donors (Lipinski definition) is 0. The SMILES string of the molecule is CC1Cc2ccccc2N1C(=O)C1CCN(c2oc(-c3ccco3)nc2C#N)CC1. The number of furan rings is 1. The fraction of sp³-hybridized carbons (Fsp3) is 0.348. The number of carbonyl (C=O) groups is 1. The largest absolute Gasteiger partial charge is 0.459 e. The summed E-state index contributed by atoms with van der Waals surface area (Å²) >= 11 is 0. The van der Waals surface area contributed by atoms with Crippen LogP contribution in [0, 0.1) is 17.2 Å². The molecule has 0 saturated carbocycles. The maximum atomic E-state index is 13.3. The van der Waals surface area contributed by atoms with Crippen LogP contribution >= 0.6 is 0 Å². The van der Waals surface area contributed by atoms with Gasteiger partial charge in [-0.25, -0.2) is 0 Å². The Morgan fingerprint density at radius 2 is 2.00 bits per heavy atom. The van der Waals surface area contributed by atoms with E-state index in [9.17, 15) is 10.1 Å². The summed E-state index contributed by atoms with van der Waals surface area (Å²) in [5.74, 6) is 1.40. The van der Waals surface area contributed by atoms with Crippen molar-refractivity contribution < 1.29 is 13.6 Å². The highest BCUT2D eigenvalue weighted by molar-refractivity contribution is 5.97. The van der Waals surface area contributed by atoms with Crippen LogP contribution < -0.4 is 9.80 Å². The minimum Gasteiger partial charge on any atom is -0.459 e. The van der Waals surface area contributed by atoms with E-state index in [1.54, 1.807) is 18.4 Å². The van der Waals surface area contributed by atoms with E-state index in [1.165, 1.54) is 5.56 Å². The number of aromatic nitrogens is 1. The van der Waals surface area contributed by atoms with Crippen LogP contribution in [0.2, 0.25) is 0 Å². The molecule has 0 N–H and O–H groups in total. The molecule has 1 unspecified atom stereocenters. The van der Waals surface area contributed by atoms with Gasteiger partial charge in [-0.3, -0.25) is 4.79 Å². The number of oxazole rings is 1. The lowest BCUT2D eigenvalue weighted by Gasteiger charge is -2.34. The van der Waals surface area contributed by atoms with Gasteiger partial charge < -0.3 is 18.6 Å². The summed E-state index contributed by atoms with van der Waals surface area (Å²) in [4.78, 5) is 21.5. The summed E-state index contributed by atoms with van der Waals surface area (Å²) < 4.78 is 11.2. The number of piperidine rings is 1. The second kappa shape index (κ2) is 7.38. The topological polar surface area (TPSA) is 86.5 Å². The molecule has 0 spiro atoms. The fourth-order valence-electron chi connectivity index (χ4n) is 4.53. The quantitative estimate of drug-likeness (QED) is 0.658. The summed E-state index contributed by atoms with van der Waals surface area (Å²) in [6.07, 6.45) is 3.87. The van der Waals surface area contributed by atoms with Crippen molar-refractivity contribution in [3.8, 4) is 17.7 Å². The second-order valence-electron chi connectivity index (χ2n) is 7.91. The van der Waals surface area contributed by atoms with Crippen molar-refractivity contribution in [3.63, 3.8) is 0 Å². The average molecular weight is 402 g/mol. The van der Waals surface area contributed by atoms with Gasteiger partial charge in [-0.2, -0.15) is 10.2 Å². The van der Waals surface area contributed by atoms with Gasteiger partial charge in [0.05, 0.1) is 6.26 Å². The van der Waals surface area contributed by atoms with Crippen LogP contribution in [-0.2, 0) is 11.2 Å². The van der Waals surface area contributed by atoms with Crippen molar-refractivity contribution in [2.75, 3.05) is 22.9 Å². The Kier molecular flexibility index (Phi) is 4.55. The van der Waals surface area contributed by atoms with Crippen LogP contribution in [0.1, 0.15) is 31.0 Å². The van der Waals surface area contributed by atoms with Crippen LogP contribution in [0.25, 0.3) is 11.7 Å². The van der Waals surface area contributed by atoms with Crippen LogP contribution in [-0.4, -0.2) is 30.0 Å². The summed E-state index contributed by atoms with van der Waals surface area (Å²) in [5, 5.41) is 9.48. The van der Waals surface area contributed by atoms with Crippen molar-refractivity contribution in [1.29, 1.82) is 5.26 Å². The maximum absolute atomic E-state index is 13.3. The van der Waals surface area contributed by atoms with Crippen molar-refractivity contribution in [2.24, 2.45) is 5.92 Å². The normalized spacial score (nSPS) is 19.0. The average Bonchev–Trinajstić information content (AvgIpc) is 3.50. The molecule has 1 amide bonds. The molecule has 152 valence electrons. The Hall–Kier alpha value is -3.53. The number of benzene rings is 1. The first-order valence-electron chi connectivity index (χ1n) is 10.3. The fourth-order valence-corrected chi connectivity index (χ4v) is 4.53. The van der Waals surface area contributed by atoms with Gasteiger partial charge in [0.25, 0.3) is 5.89 Å². The molecule has 4 heterocycles. The zero-order chi connectivity index (χ0) is 20.7. The minimum atomic E-state index is -0.0344. The first kappa shape index (κ1) is 18.5. The summed E-state index contributed by atoms with van der Waals surface area (Å²) in [6, 6.07) is 13.9. The standard InChI is InChI=1S/C23H22N4O3/c1-15-13-17-5-2-3-6-19(17)27(15)22(28)16-8-10-26(11-9-16)23-18(14-24)25-21(30-23)20-7-4-12-29-20/h2-7,12,15-16H,8-11,13H2,1H3. The van der Waals surface area contributed by atoms with E-state index in [1.807, 2.05) is 28.0 Å². The van der Waals surface area contributed by atoms with Crippen LogP contribution in [0.3, 0.4) is 0 Å². The predicted octanol–water partition coefficient (Wildman–Crippen LogP) is 4.00. The van der Waals surface area contributed by atoms with E-state index in [0.29, 0.717) is 43.5 Å². The second-order valence-corrected chi connectivity index (χ2v) is 7.91. The third kappa shape index (κ3) is 3.05. The number of nitrogens with zero attached hydrogens (tertiary/aromatic N) is 4. The lowest BCUT2D eigenvalue weighted by Crippen LogP contribution is -2.44. The molecule has 0 aliphatic carbocycles. The monoisotopic (exact) mass is 402 g/mol. The van der Waals surface area contributed by atoms with E-state index in [2.05, 4.69) is 24.0 Å². The number of amides is 1. The smallest absolute Gasteiger partial charge is 0.266 e. The Morgan fingerprint density at radius 3 is 2.73 bits per heavy atom. The van der Waals surface area contributed by atoms with Gasteiger partial charge in [0.2, 0.25) is 17.5 Å². The van der Waals surface area contributed by atoms with E-state index >= 15 is 0 Å². The van der Waals surface area contributed by atoms with E-state index < -0.39 is 0 Å². The predicted molar refractivity (Wildman–Crippen MR) is 111 cm³/mol. The number of fused-ring (bicyclic) bond motifs is 1. The summed E-state index contributed by atoms with van der Waals surface area (Å²) in [5.41, 5.74) is 2.53. The highest BCUT2D eigenvalue weighted by Gasteiger charge is 2.36. The van der Waals surface area contributed by atoms with Gasteiger partial charge in [0.15, 0.2) is 5.76 Å². The molecule has 2 aliphatic rings. The lowest BCUT2D eigenvalue weighted by atomic mass is 9.95. The summed E-state index contributed by atoms with van der Waals surface area (Å²) in [7, 11) is 0. The molecule has 7 heteroatoms. The first-order chi connectivity index (χ1) is 14.7. The van der Waals surface area contributed by atoms with Gasteiger partial charge in [-0.05, 0) is 49.9 Å². The number of para-hydroxylation sites is 1. The minimum absolute atomic E-state index is 0.0344. The Labute approximate surface area is 174 Å². The van der Waals surface area contributed by atoms with Crippen LogP contribution in [0.15, 0.2) is 51.5 Å². The molecule has 2 aromatic heterocycles. The molecule has 2 aliphatic heterocycles. The number of rotatable bonds is 3. The van der Waals surface area contributed by atoms with Crippen LogP contribution in [0.5, 0.6) is 0 Å². The molecule has 1 atom stereocenters. The van der Waals surface area contributed by atoms with Gasteiger partial charge in [-0.15, -0.1) is 0 Å². The third-order valence-electron chi connectivity index (χ3n) is 6.02. The molecule has 0 bridgehead atoms.